The zero-order chi connectivity index (χ0) is 10.6. The molecule has 1 heterocycles. The largest absolute Gasteiger partial charge is 0.478 e. The quantitative estimate of drug-likeness (QED) is 0.777. The van der Waals surface area contributed by atoms with Gasteiger partial charge < -0.3 is 10.0 Å². The molecule has 4 heteroatoms. The Balaban J connectivity index is 2.61. The van der Waals surface area contributed by atoms with Gasteiger partial charge >= 0.3 is 5.97 Å². The number of carboxylic acids is 1. The molecule has 1 aromatic rings. The molecule has 0 aliphatic heterocycles. The van der Waals surface area contributed by atoms with E-state index in [0.717, 1.165) is 6.08 Å². The van der Waals surface area contributed by atoms with Gasteiger partial charge in [-0.25, -0.2) is 4.79 Å². The third-order valence-electron chi connectivity index (χ3n) is 2.02. The molecule has 0 saturated heterocycles. The summed E-state index contributed by atoms with van der Waals surface area (Å²) in [6, 6.07) is 4.25. The van der Waals surface area contributed by atoms with E-state index in [1.807, 2.05) is 36.4 Å². The van der Waals surface area contributed by atoms with E-state index < -0.39 is 5.97 Å². The van der Waals surface area contributed by atoms with Gasteiger partial charge in [-0.1, -0.05) is 6.07 Å². The summed E-state index contributed by atoms with van der Waals surface area (Å²) in [4.78, 5) is 13.4. The van der Waals surface area contributed by atoms with Gasteiger partial charge in [0.05, 0.1) is 6.04 Å². The second-order valence-corrected chi connectivity index (χ2v) is 3.99. The van der Waals surface area contributed by atoms with E-state index in [-0.39, 0.29) is 6.04 Å². The van der Waals surface area contributed by atoms with Gasteiger partial charge in [-0.2, -0.15) is 0 Å². The van der Waals surface area contributed by atoms with Crippen LogP contribution in [0.1, 0.15) is 17.8 Å². The molecule has 76 valence electrons. The minimum absolute atomic E-state index is 0.214. The fourth-order valence-electron chi connectivity index (χ4n) is 1.04. The van der Waals surface area contributed by atoms with Crippen molar-refractivity contribution in [3.8, 4) is 0 Å². The first-order valence-corrected chi connectivity index (χ1v) is 5.15. The van der Waals surface area contributed by atoms with Crippen LogP contribution in [0.25, 0.3) is 0 Å². The maximum Gasteiger partial charge on any atom is 0.329 e. The monoisotopic (exact) mass is 211 g/mol. The Labute approximate surface area is 87.3 Å². The van der Waals surface area contributed by atoms with Gasteiger partial charge in [0.1, 0.15) is 0 Å². The Bertz CT molecular complexity index is 319. The highest BCUT2D eigenvalue weighted by molar-refractivity contribution is 7.10. The van der Waals surface area contributed by atoms with E-state index in [0.29, 0.717) is 0 Å². The van der Waals surface area contributed by atoms with Crippen molar-refractivity contribution in [3.05, 3.63) is 34.7 Å². The maximum atomic E-state index is 10.3. The summed E-state index contributed by atoms with van der Waals surface area (Å²) in [7, 11) is 1.86. The van der Waals surface area contributed by atoms with Gasteiger partial charge in [0, 0.05) is 24.2 Å². The fourth-order valence-corrected chi connectivity index (χ4v) is 1.87. The second-order valence-electron chi connectivity index (χ2n) is 3.01. The summed E-state index contributed by atoms with van der Waals surface area (Å²) < 4.78 is 0. The first-order chi connectivity index (χ1) is 6.61. The Hall–Kier alpha value is -1.29. The van der Waals surface area contributed by atoms with Crippen molar-refractivity contribution in [2.24, 2.45) is 0 Å². The smallest absolute Gasteiger partial charge is 0.329 e. The van der Waals surface area contributed by atoms with Crippen molar-refractivity contribution in [3.63, 3.8) is 0 Å². The molecule has 1 N–H and O–H groups in total. The van der Waals surface area contributed by atoms with Crippen LogP contribution in [0.2, 0.25) is 0 Å². The summed E-state index contributed by atoms with van der Waals surface area (Å²) in [5.74, 6) is -0.921. The molecular formula is C10H13NO2S. The SMILES string of the molecule is CC(c1cccs1)N(C)C=CC(=O)O. The van der Waals surface area contributed by atoms with E-state index in [1.165, 1.54) is 4.88 Å². The molecule has 1 aromatic heterocycles. The minimum Gasteiger partial charge on any atom is -0.478 e. The van der Waals surface area contributed by atoms with Gasteiger partial charge in [0.2, 0.25) is 0 Å². The fraction of sp³-hybridized carbons (Fsp3) is 0.300. The number of carboxylic acid groups (broad SMARTS) is 1. The van der Waals surface area contributed by atoms with Crippen LogP contribution in [0.5, 0.6) is 0 Å². The van der Waals surface area contributed by atoms with Gasteiger partial charge in [0.15, 0.2) is 0 Å². The molecule has 14 heavy (non-hydrogen) atoms. The molecule has 0 spiro atoms. The summed E-state index contributed by atoms with van der Waals surface area (Å²) in [5.41, 5.74) is 0. The molecule has 0 saturated carbocycles. The lowest BCUT2D eigenvalue weighted by Crippen LogP contribution is -2.15. The lowest BCUT2D eigenvalue weighted by atomic mass is 10.2. The zero-order valence-corrected chi connectivity index (χ0v) is 8.99. The zero-order valence-electron chi connectivity index (χ0n) is 8.18. The summed E-state index contributed by atoms with van der Waals surface area (Å²) >= 11 is 1.67. The molecule has 0 aliphatic carbocycles. The highest BCUT2D eigenvalue weighted by Crippen LogP contribution is 2.23. The van der Waals surface area contributed by atoms with Crippen LogP contribution in [0.3, 0.4) is 0 Å². The minimum atomic E-state index is -0.921. The highest BCUT2D eigenvalue weighted by Gasteiger charge is 2.08. The van der Waals surface area contributed by atoms with Crippen LogP contribution >= 0.6 is 11.3 Å². The molecule has 0 radical (unpaired) electrons. The number of carbonyl (C=O) groups is 1. The van der Waals surface area contributed by atoms with E-state index in [4.69, 9.17) is 5.11 Å². The predicted octanol–water partition coefficient (Wildman–Crippen LogP) is 2.34. The van der Waals surface area contributed by atoms with Crippen molar-refractivity contribution < 1.29 is 9.90 Å². The molecular weight excluding hydrogens is 198 g/mol. The van der Waals surface area contributed by atoms with E-state index in [2.05, 4.69) is 0 Å². The normalized spacial score (nSPS) is 13.0. The molecule has 0 amide bonds. The molecule has 0 aliphatic rings. The van der Waals surface area contributed by atoms with Gasteiger partial charge in [-0.05, 0) is 18.4 Å². The molecule has 1 rings (SSSR count). The predicted molar refractivity (Wildman–Crippen MR) is 57.3 cm³/mol. The number of thiophene rings is 1. The first-order valence-electron chi connectivity index (χ1n) is 4.27. The van der Waals surface area contributed by atoms with E-state index in [1.54, 1.807) is 17.5 Å². The van der Waals surface area contributed by atoms with Crippen LogP contribution in [0.15, 0.2) is 29.8 Å². The third-order valence-corrected chi connectivity index (χ3v) is 3.06. The second kappa shape index (κ2) is 4.81. The highest BCUT2D eigenvalue weighted by atomic mass is 32.1. The summed E-state index contributed by atoms with van der Waals surface area (Å²) in [6.07, 6.45) is 2.72. The Morgan fingerprint density at radius 3 is 2.93 bits per heavy atom. The summed E-state index contributed by atoms with van der Waals surface area (Å²) in [5, 5.41) is 10.5. The van der Waals surface area contributed by atoms with Crippen LogP contribution in [-0.2, 0) is 4.79 Å². The molecule has 0 fully saturated rings. The average molecular weight is 211 g/mol. The number of hydrogen-bond acceptors (Lipinski definition) is 3. The molecule has 0 bridgehead atoms. The maximum absolute atomic E-state index is 10.3. The van der Waals surface area contributed by atoms with Crippen LogP contribution in [-0.4, -0.2) is 23.0 Å². The number of aliphatic carboxylic acids is 1. The number of rotatable bonds is 4. The van der Waals surface area contributed by atoms with Crippen molar-refractivity contribution in [1.82, 2.24) is 4.90 Å². The van der Waals surface area contributed by atoms with Crippen LogP contribution < -0.4 is 0 Å². The Kier molecular flexibility index (Phi) is 3.71. The van der Waals surface area contributed by atoms with E-state index >= 15 is 0 Å². The third kappa shape index (κ3) is 2.88. The molecule has 1 unspecified atom stereocenters. The average Bonchev–Trinajstić information content (AvgIpc) is 2.65. The Morgan fingerprint density at radius 1 is 1.71 bits per heavy atom. The lowest BCUT2D eigenvalue weighted by molar-refractivity contribution is -0.131. The molecule has 0 aromatic carbocycles. The van der Waals surface area contributed by atoms with Crippen molar-refractivity contribution in [2.75, 3.05) is 7.05 Å². The van der Waals surface area contributed by atoms with E-state index in [9.17, 15) is 4.79 Å². The van der Waals surface area contributed by atoms with Gasteiger partial charge in [-0.15, -0.1) is 11.3 Å². The standard InChI is InChI=1S/C10H13NO2S/c1-8(9-4-3-7-14-9)11(2)6-5-10(12)13/h3-8H,1-2H3,(H,12,13). The van der Waals surface area contributed by atoms with Gasteiger partial charge in [-0.3, -0.25) is 0 Å². The van der Waals surface area contributed by atoms with Crippen LogP contribution in [0, 0.1) is 0 Å². The molecule has 1 atom stereocenters. The van der Waals surface area contributed by atoms with Crippen molar-refractivity contribution in [2.45, 2.75) is 13.0 Å². The Morgan fingerprint density at radius 2 is 2.43 bits per heavy atom. The lowest BCUT2D eigenvalue weighted by Gasteiger charge is -2.21. The van der Waals surface area contributed by atoms with Crippen LogP contribution in [0.4, 0.5) is 0 Å². The number of hydrogen-bond donors (Lipinski definition) is 1. The first kappa shape index (κ1) is 10.8. The van der Waals surface area contributed by atoms with Crippen molar-refractivity contribution >= 4 is 17.3 Å². The van der Waals surface area contributed by atoms with Gasteiger partial charge in [0.25, 0.3) is 0 Å². The molecule has 3 nitrogen and oxygen atoms in total. The van der Waals surface area contributed by atoms with Crippen molar-refractivity contribution in [1.29, 1.82) is 0 Å². The summed E-state index contributed by atoms with van der Waals surface area (Å²) in [6.45, 7) is 2.04. The topological polar surface area (TPSA) is 40.5 Å². The number of nitrogens with zero attached hydrogens (tertiary/aromatic N) is 1.